The van der Waals surface area contributed by atoms with Crippen LogP contribution >= 0.6 is 24.2 Å². The molecule has 4 saturated heterocycles. The maximum atomic E-state index is 14.6. The van der Waals surface area contributed by atoms with Crippen molar-refractivity contribution < 1.29 is 112 Å². The first-order chi connectivity index (χ1) is 63.7. The summed E-state index contributed by atoms with van der Waals surface area (Å²) in [4.78, 5) is 76.4. The van der Waals surface area contributed by atoms with Crippen molar-refractivity contribution in [2.75, 3.05) is 241 Å². The second-order valence-electron chi connectivity index (χ2n) is 33.5. The summed E-state index contributed by atoms with van der Waals surface area (Å²) < 4.78 is 225. The number of nitrogens with two attached hydrogens (primary N) is 2. The maximum Gasteiger partial charge on any atom is 0.410 e. The number of furan rings is 2. The minimum Gasteiger partial charge on any atom is -0.490 e. The van der Waals surface area contributed by atoms with E-state index in [-0.39, 0.29) is 120 Å². The Hall–Kier alpha value is -11.9. The molecular weight excluding hydrogens is 1900 g/mol. The SMILES string of the molecule is CC(C)(C)OC(=O)N1CCN(c2cc(OCCS(C)(=O)=O)c(F)cc2F)CC1.CN(CC=O)c1nc(N)n2nc(-c3ccco3)nc2n1.CN(CCN1CCN(c2cc(OCCS(C)(=O)=O)c(F)cc2F)CC1)c1nc(N)n2nc(-c3ccco3)nc2n1.CS(=O)(=O)CCOc1cc(N2CCCCC2)c(F)cc1F.CSCCOc1cc(N2CCN(C(=O)OC(C)(C)C)CC2)c(F)cc1F.Cl. The van der Waals surface area contributed by atoms with Crippen molar-refractivity contribution >= 4 is 130 Å². The van der Waals surface area contributed by atoms with Crippen LogP contribution in [-0.2, 0) is 43.8 Å². The molecule has 10 aromatic rings. The van der Waals surface area contributed by atoms with Crippen molar-refractivity contribution in [2.45, 2.75) is 72.0 Å². The van der Waals surface area contributed by atoms with Gasteiger partial charge in [0.1, 0.15) is 60.6 Å². The highest BCUT2D eigenvalue weighted by molar-refractivity contribution is 7.98. The van der Waals surface area contributed by atoms with Gasteiger partial charge in [-0.2, -0.15) is 50.7 Å². The predicted molar refractivity (Wildman–Crippen MR) is 501 cm³/mol. The van der Waals surface area contributed by atoms with E-state index in [1.54, 1.807) is 83.4 Å². The molecule has 4 N–H and O–H groups in total. The van der Waals surface area contributed by atoms with Crippen LogP contribution in [0.25, 0.3) is 34.7 Å². The molecule has 0 spiro atoms. The van der Waals surface area contributed by atoms with E-state index < -0.39 is 93.3 Å². The van der Waals surface area contributed by atoms with Gasteiger partial charge in [-0.3, -0.25) is 4.90 Å². The third kappa shape index (κ3) is 32.1. The van der Waals surface area contributed by atoms with E-state index in [0.717, 1.165) is 81.4 Å². The third-order valence-electron chi connectivity index (χ3n) is 20.3. The van der Waals surface area contributed by atoms with E-state index in [1.807, 2.05) is 48.8 Å². The van der Waals surface area contributed by atoms with Crippen LogP contribution in [0, 0.1) is 46.5 Å². The van der Waals surface area contributed by atoms with Crippen LogP contribution in [0.15, 0.2) is 94.2 Å². The number of carbonyl (C=O) groups is 3. The number of hydrogen-bond acceptors (Lipinski definition) is 35. The molecule has 38 nitrogen and oxygen atoms in total. The highest BCUT2D eigenvalue weighted by atomic mass is 35.5. The summed E-state index contributed by atoms with van der Waals surface area (Å²) in [5.41, 5.74) is 11.7. The zero-order chi connectivity index (χ0) is 98.4. The molecular formula is C85H112ClF8N21O17S4. The second kappa shape index (κ2) is 48.2. The van der Waals surface area contributed by atoms with Gasteiger partial charge in [0.2, 0.25) is 35.4 Å². The predicted octanol–water partition coefficient (Wildman–Crippen LogP) is 10.3. The summed E-state index contributed by atoms with van der Waals surface area (Å²) in [5.74, 6) is -3.17. The Morgan fingerprint density at radius 1 is 0.463 bits per heavy atom. The first kappa shape index (κ1) is 108. The van der Waals surface area contributed by atoms with Gasteiger partial charge in [0.25, 0.3) is 11.6 Å². The molecule has 0 saturated carbocycles. The van der Waals surface area contributed by atoms with Gasteiger partial charge in [-0.05, 0) is 91.3 Å². The number of carbonyl (C=O) groups excluding carboxylic acids is 3. The zero-order valence-electron chi connectivity index (χ0n) is 77.1. The normalized spacial score (nSPS) is 14.5. The van der Waals surface area contributed by atoms with E-state index in [0.29, 0.717) is 151 Å². The lowest BCUT2D eigenvalue weighted by Crippen LogP contribution is -2.50. The summed E-state index contributed by atoms with van der Waals surface area (Å²) >= 11 is 1.59. The molecule has 51 heteroatoms. The molecule has 14 rings (SSSR count). The van der Waals surface area contributed by atoms with Gasteiger partial charge in [-0.15, -0.1) is 22.6 Å². The van der Waals surface area contributed by atoms with Gasteiger partial charge in [0.15, 0.2) is 87.3 Å². The number of thioether (sulfide) groups is 1. The fourth-order valence-electron chi connectivity index (χ4n) is 13.4. The van der Waals surface area contributed by atoms with Crippen molar-refractivity contribution in [2.24, 2.45) is 0 Å². The molecule has 746 valence electrons. The van der Waals surface area contributed by atoms with Crippen LogP contribution in [0.3, 0.4) is 0 Å². The monoisotopic (exact) mass is 2010 g/mol. The Labute approximate surface area is 792 Å². The van der Waals surface area contributed by atoms with Crippen LogP contribution < -0.4 is 59.8 Å². The third-order valence-corrected chi connectivity index (χ3v) is 23.6. The fraction of sp³-hybridized carbons (Fsp3) is 0.494. The Balaban J connectivity index is 0.000000195. The molecule has 136 heavy (non-hydrogen) atoms. The van der Waals surface area contributed by atoms with Crippen LogP contribution in [0.5, 0.6) is 23.0 Å². The lowest BCUT2D eigenvalue weighted by atomic mass is 10.1. The van der Waals surface area contributed by atoms with E-state index in [2.05, 4.69) is 45.0 Å². The van der Waals surface area contributed by atoms with E-state index >= 15 is 0 Å². The van der Waals surface area contributed by atoms with Crippen LogP contribution in [0.4, 0.5) is 91.3 Å². The van der Waals surface area contributed by atoms with Gasteiger partial charge < -0.3 is 92.7 Å². The topological polar surface area (TPSA) is 428 Å². The Morgan fingerprint density at radius 2 is 0.794 bits per heavy atom. The molecule has 0 unspecified atom stereocenters. The lowest BCUT2D eigenvalue weighted by Gasteiger charge is -2.37. The molecule has 0 atom stereocenters. The van der Waals surface area contributed by atoms with Crippen molar-refractivity contribution in [3.05, 3.63) is 132 Å². The van der Waals surface area contributed by atoms with Crippen molar-refractivity contribution in [3.8, 4) is 46.2 Å². The molecule has 4 fully saturated rings. The van der Waals surface area contributed by atoms with Crippen molar-refractivity contribution in [3.63, 3.8) is 0 Å². The van der Waals surface area contributed by atoms with Gasteiger partial charge in [0.05, 0.1) is 65.7 Å². The number of amides is 2. The van der Waals surface area contributed by atoms with Gasteiger partial charge in [-0.1, -0.05) is 0 Å². The number of benzene rings is 4. The maximum absolute atomic E-state index is 14.6. The smallest absolute Gasteiger partial charge is 0.410 e. The van der Waals surface area contributed by atoms with E-state index in [1.165, 1.54) is 50.7 Å². The number of nitrogens with zero attached hydrogens (tertiary/aromatic N) is 19. The molecule has 0 bridgehead atoms. The number of halogens is 9. The number of nitrogen functional groups attached to an aromatic ring is 2. The summed E-state index contributed by atoms with van der Waals surface area (Å²) in [5, 5.41) is 8.47. The molecule has 4 aliphatic rings. The number of piperidine rings is 1. The quantitative estimate of drug-likeness (QED) is 0.0250. The highest BCUT2D eigenvalue weighted by Gasteiger charge is 2.32. The Morgan fingerprint density at radius 3 is 1.11 bits per heavy atom. The number of hydrogen-bond donors (Lipinski definition) is 2. The molecule has 6 aromatic heterocycles. The molecule has 4 aliphatic heterocycles. The molecule has 10 heterocycles. The number of rotatable bonds is 29. The Kier molecular flexibility index (Phi) is 38.2. The number of piperazine rings is 3. The first-order valence-electron chi connectivity index (χ1n) is 42.6. The Bertz CT molecular complexity index is 6030. The molecule has 4 aromatic carbocycles. The molecule has 0 radical (unpaired) electrons. The number of fused-ring (bicyclic) bond motifs is 2. The number of ether oxygens (including phenoxy) is 6. The highest BCUT2D eigenvalue weighted by Crippen LogP contribution is 2.35. The second-order valence-corrected chi connectivity index (χ2v) is 41.2. The molecule has 0 aliphatic carbocycles. The van der Waals surface area contributed by atoms with Crippen LogP contribution in [-0.4, -0.2) is 319 Å². The number of sulfone groups is 3. The lowest BCUT2D eigenvalue weighted by molar-refractivity contribution is -0.106. The summed E-state index contributed by atoms with van der Waals surface area (Å²) in [6, 6.07) is 15.3. The summed E-state index contributed by atoms with van der Waals surface area (Å²) in [7, 11) is -6.16. The van der Waals surface area contributed by atoms with Gasteiger partial charge >= 0.3 is 12.2 Å². The minimum absolute atomic E-state index is 0. The van der Waals surface area contributed by atoms with Crippen LogP contribution in [0.1, 0.15) is 60.8 Å². The number of anilines is 8. The summed E-state index contributed by atoms with van der Waals surface area (Å²) in [6.07, 6.45) is 11.2. The van der Waals surface area contributed by atoms with Crippen molar-refractivity contribution in [1.82, 2.24) is 63.8 Å². The van der Waals surface area contributed by atoms with E-state index in [9.17, 15) is 74.8 Å². The molecule has 2 amide bonds. The fourth-order valence-corrected chi connectivity index (χ4v) is 14.8. The standard InChI is InChI=1S/C24H29F2N9O4S.C18H26F2N2O5S.C18H26F2N2O3S.C14H19F2NO3S.C11H11N7O2.ClH/c1-32(23-29-22(27)35-24(30-23)28-21(31-35)19-4-3-11-38-19)5-6-33-7-9-34(10-8-33)18-15-20(17(26)14-16(18)25)39-12-13-40(2,36)37;1-18(2,3)27-17(23)22-7-5-21(6-8-22)15-12-16(14(20)11-13(15)19)26-9-10-28(4,24)25;1-18(2,3)25-17(23)22-7-5-21(6-8-22)15-12-16(24-9-10-26-4)14(20)11-13(15)19;1-21(18,19)8-7-20-14-10-13(11(15)9-12(14)16)17-5-3-2-4-6-17;1-17(4-5-19)10-14-9(12)18-11(15-10)13-8(16-18)7-3-2-6-20-7;/h3-4,11,14-15H,5-10,12-13H2,1-2H3,(H2,27,28,29,30,31);11-12H,5-10H2,1-4H3;11-12H,5-10H2,1-4H3;9-10H,2-8H2,1H3;2-3,5-6H,4H2,1H3,(H2,12,13,14,15,16);1H. The first-order valence-corrected chi connectivity index (χ1v) is 50.2. The van der Waals surface area contributed by atoms with E-state index in [4.69, 9.17) is 48.7 Å². The number of aromatic nitrogens is 10. The average Bonchev–Trinajstić information content (AvgIpc) is 1.67. The number of aldehydes is 1. The van der Waals surface area contributed by atoms with Gasteiger partial charge in [-0.25, -0.2) is 70.0 Å². The van der Waals surface area contributed by atoms with Gasteiger partial charge in [0, 0.05) is 192 Å². The number of likely N-dealkylation sites (N-methyl/N-ethyl adjacent to an activating group) is 2. The van der Waals surface area contributed by atoms with Crippen LogP contribution in [0.2, 0.25) is 0 Å². The summed E-state index contributed by atoms with van der Waals surface area (Å²) in [6.45, 7) is 18.8. The largest absolute Gasteiger partial charge is 0.490 e. The van der Waals surface area contributed by atoms with Crippen molar-refractivity contribution in [1.29, 1.82) is 0 Å². The average molecular weight is 2020 g/mol. The minimum atomic E-state index is -3.27. The zero-order valence-corrected chi connectivity index (χ0v) is 81.2.